The number of benzene rings is 1. The predicted octanol–water partition coefficient (Wildman–Crippen LogP) is 4.16. The second-order valence-electron chi connectivity index (χ2n) is 4.11. The summed E-state index contributed by atoms with van der Waals surface area (Å²) in [5.41, 5.74) is 1.63. The highest BCUT2D eigenvalue weighted by Gasteiger charge is 2.12. The first-order chi connectivity index (χ1) is 8.97. The second-order valence-corrected chi connectivity index (χ2v) is 4.96. The lowest BCUT2D eigenvalue weighted by Gasteiger charge is -2.07. The normalized spacial score (nSPS) is 10.3. The number of rotatable bonds is 3. The van der Waals surface area contributed by atoms with Gasteiger partial charge in [0.2, 0.25) is 5.88 Å². The number of halogens is 1. The average Bonchev–Trinajstić information content (AvgIpc) is 2.32. The summed E-state index contributed by atoms with van der Waals surface area (Å²) < 4.78 is 6.34. The molecular weight excluding hydrogens is 312 g/mol. The van der Waals surface area contributed by atoms with E-state index in [1.807, 2.05) is 13.0 Å². The largest absolute Gasteiger partial charge is 0.438 e. The van der Waals surface area contributed by atoms with Gasteiger partial charge in [-0.15, -0.1) is 0 Å². The molecule has 1 aromatic carbocycles. The minimum absolute atomic E-state index is 0.0725. The van der Waals surface area contributed by atoms with Crippen LogP contribution >= 0.6 is 15.9 Å². The Labute approximate surface area is 118 Å². The predicted molar refractivity (Wildman–Crippen MR) is 74.6 cm³/mol. The number of aromatic nitrogens is 1. The van der Waals surface area contributed by atoms with Crippen LogP contribution < -0.4 is 4.74 Å². The Morgan fingerprint density at radius 2 is 2.05 bits per heavy atom. The second kappa shape index (κ2) is 5.36. The summed E-state index contributed by atoms with van der Waals surface area (Å²) in [5.74, 6) is 0.944. The molecule has 0 N–H and O–H groups in total. The van der Waals surface area contributed by atoms with Crippen molar-refractivity contribution in [2.24, 2.45) is 0 Å². The quantitative estimate of drug-likeness (QED) is 0.628. The number of nitro benzene ring substituents is 1. The summed E-state index contributed by atoms with van der Waals surface area (Å²) >= 11 is 3.37. The van der Waals surface area contributed by atoms with E-state index < -0.39 is 4.92 Å². The number of pyridine rings is 1. The molecule has 6 heteroatoms. The van der Waals surface area contributed by atoms with Crippen molar-refractivity contribution in [2.75, 3.05) is 0 Å². The van der Waals surface area contributed by atoms with Crippen molar-refractivity contribution >= 4 is 21.6 Å². The Hall–Kier alpha value is -1.95. The third kappa shape index (κ3) is 3.08. The molecule has 0 amide bonds. The van der Waals surface area contributed by atoms with Crippen LogP contribution in [-0.2, 0) is 0 Å². The molecule has 0 bridgehead atoms. The smallest absolute Gasteiger partial charge is 0.272 e. The van der Waals surface area contributed by atoms with E-state index in [2.05, 4.69) is 20.9 Å². The van der Waals surface area contributed by atoms with E-state index >= 15 is 0 Å². The van der Waals surface area contributed by atoms with Crippen LogP contribution in [-0.4, -0.2) is 9.91 Å². The van der Waals surface area contributed by atoms with Gasteiger partial charge in [-0.05, 0) is 53.5 Å². The zero-order chi connectivity index (χ0) is 14.0. The molecule has 19 heavy (non-hydrogen) atoms. The minimum Gasteiger partial charge on any atom is -0.438 e. The maximum atomic E-state index is 10.7. The first-order valence-corrected chi connectivity index (χ1v) is 6.31. The number of hydrogen-bond acceptors (Lipinski definition) is 4. The first-order valence-electron chi connectivity index (χ1n) is 5.52. The van der Waals surface area contributed by atoms with Crippen molar-refractivity contribution in [1.82, 2.24) is 4.98 Å². The van der Waals surface area contributed by atoms with Crippen LogP contribution in [0.3, 0.4) is 0 Å². The number of ether oxygens (including phenoxy) is 1. The van der Waals surface area contributed by atoms with Gasteiger partial charge in [0.1, 0.15) is 5.75 Å². The van der Waals surface area contributed by atoms with Crippen LogP contribution in [0.2, 0.25) is 0 Å². The molecule has 0 atom stereocenters. The summed E-state index contributed by atoms with van der Waals surface area (Å²) in [6.07, 6.45) is 1.69. The first kappa shape index (κ1) is 13.5. The Bertz CT molecular complexity index is 644. The fourth-order valence-electron chi connectivity index (χ4n) is 1.60. The zero-order valence-electron chi connectivity index (χ0n) is 10.4. The Balaban J connectivity index is 2.29. The van der Waals surface area contributed by atoms with Gasteiger partial charge in [0.15, 0.2) is 0 Å². The van der Waals surface area contributed by atoms with Gasteiger partial charge in [-0.25, -0.2) is 4.98 Å². The van der Waals surface area contributed by atoms with Gasteiger partial charge < -0.3 is 4.74 Å². The summed E-state index contributed by atoms with van der Waals surface area (Å²) in [6.45, 7) is 3.60. The molecule has 1 heterocycles. The fourth-order valence-corrected chi connectivity index (χ4v) is 2.15. The molecule has 2 aromatic rings. The van der Waals surface area contributed by atoms with Gasteiger partial charge in [-0.2, -0.15) is 0 Å². The van der Waals surface area contributed by atoms with Crippen LogP contribution in [0, 0.1) is 24.0 Å². The van der Waals surface area contributed by atoms with Crippen molar-refractivity contribution in [1.29, 1.82) is 0 Å². The molecule has 0 radical (unpaired) electrons. The molecule has 0 aliphatic heterocycles. The number of hydrogen-bond donors (Lipinski definition) is 0. The molecule has 0 aliphatic carbocycles. The molecule has 98 valence electrons. The molecule has 0 aliphatic rings. The summed E-state index contributed by atoms with van der Waals surface area (Å²) in [5, 5.41) is 10.7. The van der Waals surface area contributed by atoms with Gasteiger partial charge in [0.05, 0.1) is 9.40 Å². The summed E-state index contributed by atoms with van der Waals surface area (Å²) in [6, 6.07) is 6.48. The third-order valence-corrected chi connectivity index (χ3v) is 3.09. The highest BCUT2D eigenvalue weighted by Crippen LogP contribution is 2.30. The lowest BCUT2D eigenvalue weighted by Crippen LogP contribution is -1.94. The van der Waals surface area contributed by atoms with E-state index in [0.717, 1.165) is 10.0 Å². The monoisotopic (exact) mass is 322 g/mol. The standard InChI is InChI=1S/C13H11BrN2O3/c1-8-5-11(14)13(15-7-8)19-10-3-4-12(16(17)18)9(2)6-10/h3-7H,1-2H3. The van der Waals surface area contributed by atoms with Crippen molar-refractivity contribution in [2.45, 2.75) is 13.8 Å². The van der Waals surface area contributed by atoms with Crippen molar-refractivity contribution in [3.05, 3.63) is 56.2 Å². The van der Waals surface area contributed by atoms with Crippen molar-refractivity contribution in [3.8, 4) is 11.6 Å². The third-order valence-electron chi connectivity index (χ3n) is 2.52. The van der Waals surface area contributed by atoms with Crippen LogP contribution in [0.25, 0.3) is 0 Å². The molecule has 0 spiro atoms. The van der Waals surface area contributed by atoms with E-state index in [0.29, 0.717) is 17.2 Å². The van der Waals surface area contributed by atoms with Gasteiger partial charge in [0.25, 0.3) is 5.69 Å². The molecule has 0 saturated carbocycles. The maximum Gasteiger partial charge on any atom is 0.272 e. The average molecular weight is 323 g/mol. The lowest BCUT2D eigenvalue weighted by molar-refractivity contribution is -0.385. The highest BCUT2D eigenvalue weighted by atomic mass is 79.9. The summed E-state index contributed by atoms with van der Waals surface area (Å²) in [4.78, 5) is 14.5. The Morgan fingerprint density at radius 1 is 1.32 bits per heavy atom. The maximum absolute atomic E-state index is 10.7. The SMILES string of the molecule is Cc1cnc(Oc2ccc([N+](=O)[O-])c(C)c2)c(Br)c1. The Morgan fingerprint density at radius 3 is 2.63 bits per heavy atom. The number of aryl methyl sites for hydroxylation is 2. The van der Waals surface area contributed by atoms with Gasteiger partial charge in [-0.3, -0.25) is 10.1 Å². The number of nitrogens with zero attached hydrogens (tertiary/aromatic N) is 2. The van der Waals surface area contributed by atoms with E-state index in [-0.39, 0.29) is 5.69 Å². The summed E-state index contributed by atoms with van der Waals surface area (Å²) in [7, 11) is 0. The zero-order valence-corrected chi connectivity index (χ0v) is 12.0. The molecule has 2 rings (SSSR count). The van der Waals surface area contributed by atoms with Crippen LogP contribution in [0.1, 0.15) is 11.1 Å². The molecule has 0 saturated heterocycles. The van der Waals surface area contributed by atoms with E-state index in [1.165, 1.54) is 6.07 Å². The molecule has 5 nitrogen and oxygen atoms in total. The van der Waals surface area contributed by atoms with Gasteiger partial charge >= 0.3 is 0 Å². The topological polar surface area (TPSA) is 65.3 Å². The van der Waals surface area contributed by atoms with Crippen molar-refractivity contribution in [3.63, 3.8) is 0 Å². The fraction of sp³-hybridized carbons (Fsp3) is 0.154. The van der Waals surface area contributed by atoms with Crippen LogP contribution in [0.4, 0.5) is 5.69 Å². The lowest BCUT2D eigenvalue weighted by atomic mass is 10.2. The van der Waals surface area contributed by atoms with Gasteiger partial charge in [0, 0.05) is 17.8 Å². The minimum atomic E-state index is -0.418. The van der Waals surface area contributed by atoms with Crippen molar-refractivity contribution < 1.29 is 9.66 Å². The molecule has 0 unspecified atom stereocenters. The van der Waals surface area contributed by atoms with E-state index in [1.54, 1.807) is 25.3 Å². The Kier molecular flexibility index (Phi) is 3.80. The van der Waals surface area contributed by atoms with Crippen LogP contribution in [0.5, 0.6) is 11.6 Å². The number of nitro groups is 1. The molecule has 0 fully saturated rings. The van der Waals surface area contributed by atoms with Gasteiger partial charge in [-0.1, -0.05) is 0 Å². The van der Waals surface area contributed by atoms with E-state index in [4.69, 9.17) is 4.74 Å². The molecule has 1 aromatic heterocycles. The van der Waals surface area contributed by atoms with Crippen LogP contribution in [0.15, 0.2) is 34.9 Å². The van der Waals surface area contributed by atoms with E-state index in [9.17, 15) is 10.1 Å². The molecular formula is C13H11BrN2O3. The highest BCUT2D eigenvalue weighted by molar-refractivity contribution is 9.10.